The molecule has 1 heterocycles. The molecule has 5 nitrogen and oxygen atoms in total. The zero-order chi connectivity index (χ0) is 11.3. The van der Waals surface area contributed by atoms with Gasteiger partial charge < -0.3 is 4.90 Å². The number of likely N-dealkylation sites (N-methyl/N-ethyl adjacent to an activating group) is 1. The lowest BCUT2D eigenvalue weighted by Gasteiger charge is -2.40. The van der Waals surface area contributed by atoms with Crippen LogP contribution in [0, 0.1) is 0 Å². The summed E-state index contributed by atoms with van der Waals surface area (Å²) in [6, 6.07) is 0.569. The summed E-state index contributed by atoms with van der Waals surface area (Å²) in [5.41, 5.74) is 2.68. The first kappa shape index (κ1) is 12.3. The number of nitrogens with one attached hydrogen (secondary N) is 1. The van der Waals surface area contributed by atoms with Gasteiger partial charge in [0, 0.05) is 32.2 Å². The molecule has 0 aliphatic carbocycles. The molecule has 1 atom stereocenters. The van der Waals surface area contributed by atoms with Gasteiger partial charge in [-0.1, -0.05) is 6.92 Å². The molecule has 3 N–H and O–H groups in total. The monoisotopic (exact) mass is 213 g/mol. The van der Waals surface area contributed by atoms with Gasteiger partial charge in [-0.05, 0) is 20.4 Å². The van der Waals surface area contributed by atoms with E-state index in [1.807, 2.05) is 6.92 Å². The molecule has 1 aliphatic rings. The van der Waals surface area contributed by atoms with Crippen molar-refractivity contribution < 1.29 is 0 Å². The largest absolute Gasteiger partial charge is 0.339 e. The number of hydrazine groups is 1. The highest BCUT2D eigenvalue weighted by molar-refractivity contribution is 5.79. The number of guanidine groups is 1. The van der Waals surface area contributed by atoms with Gasteiger partial charge in [0.1, 0.15) is 0 Å². The van der Waals surface area contributed by atoms with Crippen molar-refractivity contribution in [2.45, 2.75) is 26.8 Å². The third-order valence-electron chi connectivity index (χ3n) is 2.91. The summed E-state index contributed by atoms with van der Waals surface area (Å²) in [6.45, 7) is 11.4. The lowest BCUT2D eigenvalue weighted by molar-refractivity contribution is 0.127. The van der Waals surface area contributed by atoms with E-state index >= 15 is 0 Å². The molecular formula is C10H23N5. The van der Waals surface area contributed by atoms with Gasteiger partial charge in [-0.15, -0.1) is 0 Å². The number of piperazine rings is 1. The molecule has 88 valence electrons. The highest BCUT2D eigenvalue weighted by Gasteiger charge is 2.23. The molecule has 0 aromatic heterocycles. The molecule has 1 saturated heterocycles. The van der Waals surface area contributed by atoms with Gasteiger partial charge >= 0.3 is 0 Å². The van der Waals surface area contributed by atoms with Crippen molar-refractivity contribution in [1.82, 2.24) is 15.2 Å². The summed E-state index contributed by atoms with van der Waals surface area (Å²) in [4.78, 5) is 9.03. The fraction of sp³-hybridized carbons (Fsp3) is 0.900. The van der Waals surface area contributed by atoms with Crippen molar-refractivity contribution in [3.8, 4) is 0 Å². The van der Waals surface area contributed by atoms with Gasteiger partial charge in [0.15, 0.2) is 0 Å². The fourth-order valence-corrected chi connectivity index (χ4v) is 2.04. The van der Waals surface area contributed by atoms with E-state index in [0.717, 1.165) is 38.7 Å². The normalized spacial score (nSPS) is 24.4. The average molecular weight is 213 g/mol. The Labute approximate surface area is 92.3 Å². The smallest absolute Gasteiger partial charge is 0.208 e. The van der Waals surface area contributed by atoms with Crippen molar-refractivity contribution in [1.29, 1.82) is 0 Å². The van der Waals surface area contributed by atoms with Gasteiger partial charge in [0.25, 0.3) is 0 Å². The van der Waals surface area contributed by atoms with E-state index in [1.165, 1.54) is 0 Å². The van der Waals surface area contributed by atoms with E-state index in [-0.39, 0.29) is 0 Å². The lowest BCUT2D eigenvalue weighted by atomic mass is 10.2. The molecule has 0 aromatic rings. The quantitative estimate of drug-likeness (QED) is 0.290. The number of nitrogens with two attached hydrogens (primary N) is 1. The van der Waals surface area contributed by atoms with Crippen molar-refractivity contribution in [3.63, 3.8) is 0 Å². The predicted octanol–water partition coefficient (Wildman–Crippen LogP) is -0.148. The van der Waals surface area contributed by atoms with Gasteiger partial charge in [-0.25, -0.2) is 5.84 Å². The molecule has 0 aromatic carbocycles. The first-order chi connectivity index (χ1) is 7.22. The molecule has 0 amide bonds. The minimum atomic E-state index is 0.569. The van der Waals surface area contributed by atoms with Crippen molar-refractivity contribution in [2.24, 2.45) is 10.8 Å². The Balaban J connectivity index is 2.56. The summed E-state index contributed by atoms with van der Waals surface area (Å²) in [7, 11) is 0. The minimum Gasteiger partial charge on any atom is -0.339 e. The molecule has 1 rings (SSSR count). The first-order valence-electron chi connectivity index (χ1n) is 5.73. The minimum absolute atomic E-state index is 0.569. The van der Waals surface area contributed by atoms with Crippen LogP contribution < -0.4 is 11.3 Å². The Bertz CT molecular complexity index is 216. The van der Waals surface area contributed by atoms with E-state index < -0.39 is 0 Å². The zero-order valence-corrected chi connectivity index (χ0v) is 10.0. The Hall–Kier alpha value is -0.810. The predicted molar refractivity (Wildman–Crippen MR) is 63.6 cm³/mol. The van der Waals surface area contributed by atoms with Crippen molar-refractivity contribution in [3.05, 3.63) is 0 Å². The van der Waals surface area contributed by atoms with Crippen LogP contribution in [0.25, 0.3) is 0 Å². The van der Waals surface area contributed by atoms with Crippen molar-refractivity contribution >= 4 is 5.96 Å². The van der Waals surface area contributed by atoms with E-state index in [0.29, 0.717) is 6.04 Å². The van der Waals surface area contributed by atoms with Gasteiger partial charge in [-0.2, -0.15) is 0 Å². The maximum Gasteiger partial charge on any atom is 0.208 e. The number of rotatable bonds is 2. The Morgan fingerprint density at radius 3 is 2.67 bits per heavy atom. The molecule has 0 radical (unpaired) electrons. The number of nitrogens with zero attached hydrogens (tertiary/aromatic N) is 3. The summed E-state index contributed by atoms with van der Waals surface area (Å²) in [6.07, 6.45) is 0. The third kappa shape index (κ3) is 3.07. The summed E-state index contributed by atoms with van der Waals surface area (Å²) in [5, 5.41) is 0. The van der Waals surface area contributed by atoms with Crippen LogP contribution in [0.1, 0.15) is 20.8 Å². The van der Waals surface area contributed by atoms with Crippen LogP contribution in [0.2, 0.25) is 0 Å². The Morgan fingerprint density at radius 2 is 2.20 bits per heavy atom. The van der Waals surface area contributed by atoms with Gasteiger partial charge in [-0.3, -0.25) is 15.3 Å². The summed E-state index contributed by atoms with van der Waals surface area (Å²) >= 11 is 0. The molecule has 1 unspecified atom stereocenters. The number of aliphatic imine (C=N–C) groups is 1. The number of hydrogen-bond acceptors (Lipinski definition) is 3. The van der Waals surface area contributed by atoms with E-state index in [2.05, 4.69) is 34.1 Å². The average Bonchev–Trinajstić information content (AvgIpc) is 2.25. The molecule has 0 spiro atoms. The van der Waals surface area contributed by atoms with Crippen LogP contribution in [-0.2, 0) is 0 Å². The zero-order valence-electron chi connectivity index (χ0n) is 10.0. The maximum atomic E-state index is 5.47. The Morgan fingerprint density at radius 1 is 1.47 bits per heavy atom. The molecule has 5 heteroatoms. The van der Waals surface area contributed by atoms with Crippen molar-refractivity contribution in [2.75, 3.05) is 32.7 Å². The summed E-state index contributed by atoms with van der Waals surface area (Å²) in [5.74, 6) is 6.29. The second kappa shape index (κ2) is 5.92. The van der Waals surface area contributed by atoms with Gasteiger partial charge in [0.05, 0.1) is 0 Å². The topological polar surface area (TPSA) is 56.9 Å². The molecule has 0 bridgehead atoms. The molecular weight excluding hydrogens is 190 g/mol. The Kier molecular flexibility index (Phi) is 4.84. The highest BCUT2D eigenvalue weighted by atomic mass is 15.4. The first-order valence-corrected chi connectivity index (χ1v) is 5.73. The fourth-order valence-electron chi connectivity index (χ4n) is 2.04. The summed E-state index contributed by atoms with van der Waals surface area (Å²) < 4.78 is 0. The number of hydrogen-bond donors (Lipinski definition) is 2. The van der Waals surface area contributed by atoms with Crippen LogP contribution >= 0.6 is 0 Å². The van der Waals surface area contributed by atoms with E-state index in [4.69, 9.17) is 5.84 Å². The molecule has 15 heavy (non-hydrogen) atoms. The van der Waals surface area contributed by atoms with Crippen LogP contribution in [0.15, 0.2) is 4.99 Å². The van der Waals surface area contributed by atoms with E-state index in [1.54, 1.807) is 0 Å². The van der Waals surface area contributed by atoms with Gasteiger partial charge in [0.2, 0.25) is 5.96 Å². The molecule has 0 saturated carbocycles. The maximum absolute atomic E-state index is 5.47. The van der Waals surface area contributed by atoms with Crippen LogP contribution in [-0.4, -0.2) is 54.5 Å². The third-order valence-corrected chi connectivity index (χ3v) is 2.91. The van der Waals surface area contributed by atoms with Crippen LogP contribution in [0.4, 0.5) is 0 Å². The van der Waals surface area contributed by atoms with Crippen LogP contribution in [0.5, 0.6) is 0 Å². The van der Waals surface area contributed by atoms with Crippen LogP contribution in [0.3, 0.4) is 0 Å². The standard InChI is InChI=1S/C10H23N5/c1-4-12-10(13-11)15-7-6-14(5-2)9(3)8-15/h9H,4-8,11H2,1-3H3,(H,12,13). The SMILES string of the molecule is CCN=C(NN)N1CCN(CC)C(C)C1. The second-order valence-corrected chi connectivity index (χ2v) is 3.87. The molecule has 1 fully saturated rings. The molecule has 1 aliphatic heterocycles. The van der Waals surface area contributed by atoms with E-state index in [9.17, 15) is 0 Å². The second-order valence-electron chi connectivity index (χ2n) is 3.87. The lowest BCUT2D eigenvalue weighted by Crippen LogP contribution is -2.57. The highest BCUT2D eigenvalue weighted by Crippen LogP contribution is 2.08.